The van der Waals surface area contributed by atoms with E-state index in [1.54, 1.807) is 24.3 Å². The molecule has 0 heterocycles. The fourth-order valence-corrected chi connectivity index (χ4v) is 4.73. The molecule has 0 saturated heterocycles. The normalized spacial score (nSPS) is 24.2. The first-order chi connectivity index (χ1) is 11.2. The summed E-state index contributed by atoms with van der Waals surface area (Å²) in [4.78, 5) is 25.7. The van der Waals surface area contributed by atoms with Crippen molar-refractivity contribution in [2.24, 2.45) is 0 Å². The number of fused-ring (bicyclic) bond motifs is 4. The molecule has 0 amide bonds. The molecule has 4 aliphatic rings. The first-order valence-electron chi connectivity index (χ1n) is 8.25. The minimum Gasteiger partial charge on any atom is -0.507 e. The molecule has 0 atom stereocenters. The van der Waals surface area contributed by atoms with Crippen LogP contribution in [0.15, 0.2) is 30.3 Å². The molecule has 114 valence electrons. The maximum absolute atomic E-state index is 12.9. The number of carbonyl (C=O) groups is 2. The second kappa shape index (κ2) is 4.31. The summed E-state index contributed by atoms with van der Waals surface area (Å²) < 4.78 is 0. The lowest BCUT2D eigenvalue weighted by Gasteiger charge is -2.39. The van der Waals surface area contributed by atoms with Gasteiger partial charge in [0, 0.05) is 22.3 Å². The molecule has 3 heteroatoms. The van der Waals surface area contributed by atoms with Crippen molar-refractivity contribution in [1.82, 2.24) is 0 Å². The molecule has 0 aromatic heterocycles. The van der Waals surface area contributed by atoms with Crippen LogP contribution in [0.5, 0.6) is 5.75 Å². The fourth-order valence-electron chi connectivity index (χ4n) is 4.73. The molecule has 0 aliphatic heterocycles. The van der Waals surface area contributed by atoms with E-state index in [0.717, 1.165) is 36.8 Å². The molecule has 0 unspecified atom stereocenters. The predicted octanol–water partition coefficient (Wildman–Crippen LogP) is 3.92. The van der Waals surface area contributed by atoms with Crippen molar-refractivity contribution in [2.75, 3.05) is 0 Å². The number of aromatic hydroxyl groups is 1. The highest BCUT2D eigenvalue weighted by molar-refractivity contribution is 6.29. The zero-order chi connectivity index (χ0) is 15.7. The van der Waals surface area contributed by atoms with E-state index < -0.39 is 0 Å². The van der Waals surface area contributed by atoms with Crippen molar-refractivity contribution < 1.29 is 14.7 Å². The van der Waals surface area contributed by atoms with Gasteiger partial charge in [-0.3, -0.25) is 9.59 Å². The highest BCUT2D eigenvalue weighted by atomic mass is 16.3. The van der Waals surface area contributed by atoms with E-state index in [4.69, 9.17) is 0 Å². The summed E-state index contributed by atoms with van der Waals surface area (Å²) in [6.07, 6.45) is 4.38. The minimum atomic E-state index is -0.225. The third-order valence-corrected chi connectivity index (χ3v) is 5.84. The molecule has 1 N–H and O–H groups in total. The monoisotopic (exact) mass is 304 g/mol. The van der Waals surface area contributed by atoms with Gasteiger partial charge in [-0.05, 0) is 49.1 Å². The second-order valence-electron chi connectivity index (χ2n) is 6.90. The topological polar surface area (TPSA) is 54.4 Å². The summed E-state index contributed by atoms with van der Waals surface area (Å²) in [5.74, 6) is 0.457. The molecule has 3 nitrogen and oxygen atoms in total. The van der Waals surface area contributed by atoms with Crippen LogP contribution in [0, 0.1) is 0 Å². The number of carbonyl (C=O) groups excluding carboxylic acids is 2. The number of hydrogen-bond donors (Lipinski definition) is 1. The van der Waals surface area contributed by atoms with Gasteiger partial charge in [-0.2, -0.15) is 0 Å². The van der Waals surface area contributed by atoms with Crippen molar-refractivity contribution >= 4 is 11.6 Å². The first-order valence-corrected chi connectivity index (χ1v) is 8.25. The van der Waals surface area contributed by atoms with E-state index >= 15 is 0 Å². The third-order valence-electron chi connectivity index (χ3n) is 5.84. The standard InChI is InChI=1S/C20H16O3/c21-18-12-3-1-2-4-13(12)19(22)17-15(18)9-14-10-5-7-11(8-6-10)16(14)20(17)23/h1-4,9-11,23H,5-8H2. The summed E-state index contributed by atoms with van der Waals surface area (Å²) in [6, 6.07) is 8.79. The number of benzene rings is 2. The lowest BCUT2D eigenvalue weighted by Crippen LogP contribution is -2.27. The summed E-state index contributed by atoms with van der Waals surface area (Å²) in [5.41, 5.74) is 3.50. The lowest BCUT2D eigenvalue weighted by molar-refractivity contribution is 0.0976. The smallest absolute Gasteiger partial charge is 0.198 e. The Balaban J connectivity index is 1.83. The Morgan fingerprint density at radius 3 is 2.13 bits per heavy atom. The van der Waals surface area contributed by atoms with Crippen molar-refractivity contribution in [3.05, 3.63) is 63.7 Å². The zero-order valence-electron chi connectivity index (χ0n) is 12.6. The van der Waals surface area contributed by atoms with Crippen molar-refractivity contribution in [3.63, 3.8) is 0 Å². The van der Waals surface area contributed by atoms with E-state index in [1.807, 2.05) is 6.07 Å². The first kappa shape index (κ1) is 13.1. The Kier molecular flexibility index (Phi) is 2.45. The molecule has 6 rings (SSSR count). The van der Waals surface area contributed by atoms with Crippen LogP contribution >= 0.6 is 0 Å². The van der Waals surface area contributed by atoms with E-state index in [2.05, 4.69) is 0 Å². The number of hydrogen-bond acceptors (Lipinski definition) is 3. The quantitative estimate of drug-likeness (QED) is 0.685. The van der Waals surface area contributed by atoms with Gasteiger partial charge in [-0.1, -0.05) is 24.3 Å². The molecule has 2 aromatic rings. The van der Waals surface area contributed by atoms with Crippen LogP contribution in [0.1, 0.15) is 80.5 Å². The highest BCUT2D eigenvalue weighted by Crippen LogP contribution is 2.54. The van der Waals surface area contributed by atoms with Gasteiger partial charge < -0.3 is 5.11 Å². The zero-order valence-corrected chi connectivity index (χ0v) is 12.6. The maximum Gasteiger partial charge on any atom is 0.198 e. The van der Waals surface area contributed by atoms with Crippen LogP contribution in [0.3, 0.4) is 0 Å². The Hall–Kier alpha value is -2.42. The second-order valence-corrected chi connectivity index (χ2v) is 6.90. The molecule has 2 bridgehead atoms. The average Bonchev–Trinajstić information content (AvgIpc) is 2.60. The maximum atomic E-state index is 12.9. The molecule has 4 aliphatic carbocycles. The van der Waals surface area contributed by atoms with Crippen LogP contribution in [0.4, 0.5) is 0 Å². The number of ketones is 2. The fraction of sp³-hybridized carbons (Fsp3) is 0.300. The summed E-state index contributed by atoms with van der Waals surface area (Å²) in [5, 5.41) is 10.8. The van der Waals surface area contributed by atoms with Gasteiger partial charge in [0.1, 0.15) is 5.75 Å². The Labute approximate surface area is 134 Å². The molecule has 23 heavy (non-hydrogen) atoms. The Bertz CT molecular complexity index is 886. The highest BCUT2D eigenvalue weighted by Gasteiger charge is 2.40. The van der Waals surface area contributed by atoms with E-state index in [1.165, 1.54) is 0 Å². The molecular formula is C20H16O3. The molecule has 0 spiro atoms. The molecule has 0 radical (unpaired) electrons. The number of phenolic OH excluding ortho intramolecular Hbond substituents is 1. The molecule has 1 saturated carbocycles. The Morgan fingerprint density at radius 1 is 0.826 bits per heavy atom. The molecule has 1 fully saturated rings. The predicted molar refractivity (Wildman–Crippen MR) is 85.4 cm³/mol. The Morgan fingerprint density at radius 2 is 1.43 bits per heavy atom. The van der Waals surface area contributed by atoms with Gasteiger partial charge in [0.15, 0.2) is 11.6 Å². The largest absolute Gasteiger partial charge is 0.507 e. The van der Waals surface area contributed by atoms with Gasteiger partial charge in [-0.25, -0.2) is 0 Å². The molecule has 2 aromatic carbocycles. The van der Waals surface area contributed by atoms with Crippen molar-refractivity contribution in [1.29, 1.82) is 0 Å². The van der Waals surface area contributed by atoms with Gasteiger partial charge in [-0.15, -0.1) is 0 Å². The van der Waals surface area contributed by atoms with E-state index in [-0.39, 0.29) is 22.9 Å². The minimum absolute atomic E-state index is 0.0692. The van der Waals surface area contributed by atoms with Gasteiger partial charge in [0.2, 0.25) is 0 Å². The van der Waals surface area contributed by atoms with Crippen LogP contribution in [0.2, 0.25) is 0 Å². The van der Waals surface area contributed by atoms with E-state index in [9.17, 15) is 14.7 Å². The summed E-state index contributed by atoms with van der Waals surface area (Å²) in [6.45, 7) is 0. The van der Waals surface area contributed by atoms with Crippen LogP contribution in [-0.2, 0) is 0 Å². The average molecular weight is 304 g/mol. The van der Waals surface area contributed by atoms with E-state index in [0.29, 0.717) is 28.5 Å². The van der Waals surface area contributed by atoms with Crippen LogP contribution < -0.4 is 0 Å². The lowest BCUT2D eigenvalue weighted by atomic mass is 9.65. The summed E-state index contributed by atoms with van der Waals surface area (Å²) >= 11 is 0. The number of phenols is 1. The molecular weight excluding hydrogens is 288 g/mol. The van der Waals surface area contributed by atoms with Gasteiger partial charge in [0.05, 0.1) is 5.56 Å². The van der Waals surface area contributed by atoms with Crippen LogP contribution in [0.25, 0.3) is 0 Å². The summed E-state index contributed by atoms with van der Waals surface area (Å²) in [7, 11) is 0. The third kappa shape index (κ3) is 1.55. The van der Waals surface area contributed by atoms with Gasteiger partial charge in [0.25, 0.3) is 0 Å². The number of rotatable bonds is 0. The van der Waals surface area contributed by atoms with Crippen molar-refractivity contribution in [2.45, 2.75) is 37.5 Å². The van der Waals surface area contributed by atoms with Crippen molar-refractivity contribution in [3.8, 4) is 5.75 Å². The van der Waals surface area contributed by atoms with Crippen LogP contribution in [-0.4, -0.2) is 16.7 Å². The van der Waals surface area contributed by atoms with Gasteiger partial charge >= 0.3 is 0 Å². The SMILES string of the molecule is O=C1c2ccccc2C(=O)c2c1cc1c(c2O)C2CCC1CC2.